The van der Waals surface area contributed by atoms with Crippen LogP contribution in [-0.4, -0.2) is 83.7 Å². The van der Waals surface area contributed by atoms with Crippen LogP contribution >= 0.6 is 0 Å². The second-order valence-corrected chi connectivity index (χ2v) is 8.11. The topological polar surface area (TPSA) is 221 Å². The number of hydrogen-bond donors (Lipinski definition) is 8. The van der Waals surface area contributed by atoms with Gasteiger partial charge in [-0.3, -0.25) is 19.4 Å². The Morgan fingerprint density at radius 1 is 1.12 bits per heavy atom. The summed E-state index contributed by atoms with van der Waals surface area (Å²) in [6.45, 7) is 3.81. The molecule has 1 heterocycles. The van der Waals surface area contributed by atoms with Crippen molar-refractivity contribution in [1.29, 1.82) is 0 Å². The van der Waals surface area contributed by atoms with Gasteiger partial charge in [0, 0.05) is 6.54 Å². The van der Waals surface area contributed by atoms with E-state index in [0.29, 0.717) is 19.3 Å². The molecule has 5 unspecified atom stereocenters. The number of aliphatic carboxylic acids is 1. The number of carbonyl (C=O) groups is 4. The SMILES string of the molecule is CCC(C)C(NC(=O)C1CCCN1)C(=O)NC(CCCN=C(N)N)C(=O)NC(CO)C(=O)O. The van der Waals surface area contributed by atoms with Gasteiger partial charge in [0.1, 0.15) is 18.1 Å². The average Bonchev–Trinajstić information content (AvgIpc) is 3.31. The molecule has 0 radical (unpaired) electrons. The minimum Gasteiger partial charge on any atom is -0.480 e. The van der Waals surface area contributed by atoms with E-state index >= 15 is 0 Å². The highest BCUT2D eigenvalue weighted by Crippen LogP contribution is 2.12. The number of aliphatic hydroxyl groups excluding tert-OH is 1. The van der Waals surface area contributed by atoms with Crippen molar-refractivity contribution in [3.8, 4) is 0 Å². The predicted molar refractivity (Wildman–Crippen MR) is 121 cm³/mol. The van der Waals surface area contributed by atoms with Crippen molar-refractivity contribution >= 4 is 29.7 Å². The fraction of sp³-hybridized carbons (Fsp3) is 0.750. The maximum absolute atomic E-state index is 13.1. The number of guanidine groups is 1. The van der Waals surface area contributed by atoms with Crippen LogP contribution in [-0.2, 0) is 19.2 Å². The quantitative estimate of drug-likeness (QED) is 0.0752. The number of nitrogens with zero attached hydrogens (tertiary/aromatic N) is 1. The largest absolute Gasteiger partial charge is 0.480 e. The fourth-order valence-electron chi connectivity index (χ4n) is 3.36. The van der Waals surface area contributed by atoms with Crippen LogP contribution in [0.25, 0.3) is 0 Å². The molecule has 1 saturated heterocycles. The molecule has 0 aliphatic carbocycles. The van der Waals surface area contributed by atoms with Crippen molar-refractivity contribution in [2.45, 2.75) is 70.1 Å². The van der Waals surface area contributed by atoms with E-state index < -0.39 is 42.5 Å². The molecular formula is C20H37N7O6. The molecule has 0 spiro atoms. The van der Waals surface area contributed by atoms with Gasteiger partial charge in [0.25, 0.3) is 0 Å². The maximum atomic E-state index is 13.1. The van der Waals surface area contributed by atoms with Gasteiger partial charge >= 0.3 is 5.97 Å². The van der Waals surface area contributed by atoms with Gasteiger partial charge in [-0.05, 0) is 38.1 Å². The van der Waals surface area contributed by atoms with Gasteiger partial charge in [-0.1, -0.05) is 20.3 Å². The number of hydrogen-bond acceptors (Lipinski definition) is 7. The van der Waals surface area contributed by atoms with Crippen molar-refractivity contribution in [3.05, 3.63) is 0 Å². The van der Waals surface area contributed by atoms with Crippen LogP contribution in [0.4, 0.5) is 0 Å². The van der Waals surface area contributed by atoms with Gasteiger partial charge in [-0.25, -0.2) is 4.79 Å². The standard InChI is InChI=1S/C20H37N7O6/c1-3-11(2)15(27-16(29)12-6-4-8-23-12)18(31)25-13(7-5-9-24-20(21)22)17(30)26-14(10-28)19(32)33/h11-15,23,28H,3-10H2,1-2H3,(H,25,31)(H,26,30)(H,27,29)(H,32,33)(H4,21,22,24). The molecular weight excluding hydrogens is 434 g/mol. The van der Waals surface area contributed by atoms with E-state index in [1.165, 1.54) is 0 Å². The number of carbonyl (C=O) groups excluding carboxylic acids is 3. The molecule has 10 N–H and O–H groups in total. The molecule has 0 saturated carbocycles. The average molecular weight is 472 g/mol. The molecule has 3 amide bonds. The van der Waals surface area contributed by atoms with Crippen molar-refractivity contribution in [2.24, 2.45) is 22.4 Å². The Morgan fingerprint density at radius 3 is 2.30 bits per heavy atom. The molecule has 1 rings (SSSR count). The summed E-state index contributed by atoms with van der Waals surface area (Å²) in [4.78, 5) is 53.3. The Morgan fingerprint density at radius 2 is 1.79 bits per heavy atom. The number of nitrogens with one attached hydrogen (secondary N) is 4. The molecule has 0 aromatic rings. The first-order valence-electron chi connectivity index (χ1n) is 11.1. The van der Waals surface area contributed by atoms with Crippen LogP contribution in [0.3, 0.4) is 0 Å². The summed E-state index contributed by atoms with van der Waals surface area (Å²) in [6.07, 6.45) is 2.57. The van der Waals surface area contributed by atoms with Crippen LogP contribution in [0.5, 0.6) is 0 Å². The van der Waals surface area contributed by atoms with Crippen molar-refractivity contribution in [1.82, 2.24) is 21.3 Å². The first-order valence-corrected chi connectivity index (χ1v) is 11.1. The Bertz CT molecular complexity index is 707. The Hall–Kier alpha value is -2.93. The number of aliphatic hydroxyl groups is 1. The lowest BCUT2D eigenvalue weighted by molar-refractivity contribution is -0.143. The number of aliphatic imine (C=N–C) groups is 1. The number of amides is 3. The minimum absolute atomic E-state index is 0.109. The highest BCUT2D eigenvalue weighted by atomic mass is 16.4. The lowest BCUT2D eigenvalue weighted by atomic mass is 9.97. The van der Waals surface area contributed by atoms with E-state index in [4.69, 9.17) is 16.6 Å². The summed E-state index contributed by atoms with van der Waals surface area (Å²) in [5.41, 5.74) is 10.6. The van der Waals surface area contributed by atoms with Crippen LogP contribution in [0.1, 0.15) is 46.0 Å². The van der Waals surface area contributed by atoms with Crippen molar-refractivity contribution in [2.75, 3.05) is 19.7 Å². The summed E-state index contributed by atoms with van der Waals surface area (Å²) in [6, 6.07) is -3.89. The highest BCUT2D eigenvalue weighted by Gasteiger charge is 2.33. The summed E-state index contributed by atoms with van der Waals surface area (Å²) < 4.78 is 0. The maximum Gasteiger partial charge on any atom is 0.328 e. The summed E-state index contributed by atoms with van der Waals surface area (Å²) in [5.74, 6) is -3.37. The lowest BCUT2D eigenvalue weighted by Crippen LogP contribution is -2.58. The molecule has 1 aliphatic rings. The zero-order chi connectivity index (χ0) is 25.0. The van der Waals surface area contributed by atoms with E-state index in [0.717, 1.165) is 13.0 Å². The van der Waals surface area contributed by atoms with Crippen LogP contribution in [0, 0.1) is 5.92 Å². The summed E-state index contributed by atoms with van der Waals surface area (Å²) in [5, 5.41) is 29.0. The molecule has 0 bridgehead atoms. The van der Waals surface area contributed by atoms with Gasteiger partial charge in [-0.2, -0.15) is 0 Å². The molecule has 1 aliphatic heterocycles. The smallest absolute Gasteiger partial charge is 0.328 e. The third-order valence-electron chi connectivity index (χ3n) is 5.55. The van der Waals surface area contributed by atoms with Crippen LogP contribution in [0.15, 0.2) is 4.99 Å². The monoisotopic (exact) mass is 471 g/mol. The van der Waals surface area contributed by atoms with E-state index in [-0.39, 0.29) is 36.8 Å². The second kappa shape index (κ2) is 14.3. The van der Waals surface area contributed by atoms with Crippen molar-refractivity contribution in [3.63, 3.8) is 0 Å². The van der Waals surface area contributed by atoms with Gasteiger partial charge in [0.2, 0.25) is 17.7 Å². The number of nitrogens with two attached hydrogens (primary N) is 2. The summed E-state index contributed by atoms with van der Waals surface area (Å²) in [7, 11) is 0. The highest BCUT2D eigenvalue weighted by molar-refractivity contribution is 5.94. The number of carboxylic acid groups (broad SMARTS) is 1. The predicted octanol–water partition coefficient (Wildman–Crippen LogP) is -2.63. The molecule has 13 nitrogen and oxygen atoms in total. The van der Waals surface area contributed by atoms with Gasteiger partial charge in [0.15, 0.2) is 5.96 Å². The van der Waals surface area contributed by atoms with E-state index in [2.05, 4.69) is 26.3 Å². The molecule has 188 valence electrons. The number of rotatable bonds is 14. The first-order chi connectivity index (χ1) is 15.6. The third kappa shape index (κ3) is 9.61. The van der Waals surface area contributed by atoms with Gasteiger partial charge < -0.3 is 42.9 Å². The Kier molecular flexibility index (Phi) is 12.1. The molecule has 5 atom stereocenters. The third-order valence-corrected chi connectivity index (χ3v) is 5.55. The van der Waals surface area contributed by atoms with Crippen LogP contribution in [0.2, 0.25) is 0 Å². The van der Waals surface area contributed by atoms with Crippen LogP contribution < -0.4 is 32.7 Å². The van der Waals surface area contributed by atoms with Crippen molar-refractivity contribution < 1.29 is 29.4 Å². The van der Waals surface area contributed by atoms with Gasteiger partial charge in [0.05, 0.1) is 12.6 Å². The second-order valence-electron chi connectivity index (χ2n) is 8.11. The molecule has 33 heavy (non-hydrogen) atoms. The molecule has 0 aromatic carbocycles. The lowest BCUT2D eigenvalue weighted by Gasteiger charge is -2.28. The zero-order valence-corrected chi connectivity index (χ0v) is 19.2. The molecule has 1 fully saturated rings. The Labute approximate surface area is 193 Å². The molecule has 13 heteroatoms. The fourth-order valence-corrected chi connectivity index (χ4v) is 3.36. The Balaban J connectivity index is 2.94. The van der Waals surface area contributed by atoms with E-state index in [9.17, 15) is 24.3 Å². The molecule has 0 aromatic heterocycles. The first kappa shape index (κ1) is 28.1. The normalized spacial score (nSPS) is 18.9. The number of carboxylic acids is 1. The van der Waals surface area contributed by atoms with E-state index in [1.54, 1.807) is 0 Å². The summed E-state index contributed by atoms with van der Waals surface area (Å²) >= 11 is 0. The minimum atomic E-state index is -1.52. The van der Waals surface area contributed by atoms with E-state index in [1.807, 2.05) is 13.8 Å². The van der Waals surface area contributed by atoms with Gasteiger partial charge in [-0.15, -0.1) is 0 Å². The zero-order valence-electron chi connectivity index (χ0n) is 19.2.